The van der Waals surface area contributed by atoms with Gasteiger partial charge in [0.15, 0.2) is 0 Å². The van der Waals surface area contributed by atoms with E-state index in [9.17, 15) is 19.2 Å². The van der Waals surface area contributed by atoms with Gasteiger partial charge in [-0.3, -0.25) is 24.1 Å². The van der Waals surface area contributed by atoms with E-state index in [0.29, 0.717) is 34.7 Å². The van der Waals surface area contributed by atoms with E-state index in [1.807, 2.05) is 12.1 Å². The molecule has 37 heavy (non-hydrogen) atoms. The third-order valence-corrected chi connectivity index (χ3v) is 8.81. The number of methoxy groups -OCH3 is 1. The molecule has 0 N–H and O–H groups in total. The van der Waals surface area contributed by atoms with E-state index < -0.39 is 11.9 Å². The molecule has 3 amide bonds. The largest absolute Gasteiger partial charge is 0.495 e. The topological polar surface area (TPSA) is 93.2 Å². The molecule has 2 heterocycles. The van der Waals surface area contributed by atoms with Crippen molar-refractivity contribution < 1.29 is 28.7 Å². The highest BCUT2D eigenvalue weighted by Crippen LogP contribution is 2.65. The number of rotatable bonds is 5. The highest BCUT2D eigenvalue weighted by Gasteiger charge is 2.67. The van der Waals surface area contributed by atoms with Crippen LogP contribution in [-0.2, 0) is 19.2 Å². The summed E-state index contributed by atoms with van der Waals surface area (Å²) >= 11 is 0. The zero-order chi connectivity index (χ0) is 25.4. The second kappa shape index (κ2) is 8.03. The standard InChI is InChI=1S/C29H26N2O6/c1-36-23-5-3-2-4-22(23)30-14-15(12-24(30)32)29(35)37-17-8-6-16(7-9-17)31-27(33)25-18-10-11-19(21-13-20(18)21)26(25)28(31)34/h2-11,15,18-21,25-26H,12-14H2,1H3/t15-,18+,19+,20+,21+,25-,26-/m1/s1. The Hall–Kier alpha value is -3.94. The molecule has 0 aromatic heterocycles. The molecule has 6 aliphatic rings. The molecule has 2 saturated heterocycles. The smallest absolute Gasteiger partial charge is 0.316 e. The van der Waals surface area contributed by atoms with E-state index in [-0.39, 0.29) is 54.4 Å². The number of anilines is 2. The molecular formula is C29H26N2O6. The second-order valence-electron chi connectivity index (χ2n) is 10.7. The summed E-state index contributed by atoms with van der Waals surface area (Å²) in [5, 5.41) is 0. The highest BCUT2D eigenvalue weighted by molar-refractivity contribution is 6.22. The van der Waals surface area contributed by atoms with E-state index >= 15 is 0 Å². The number of para-hydroxylation sites is 2. The Bertz CT molecular complexity index is 1330. The van der Waals surface area contributed by atoms with Gasteiger partial charge in [-0.2, -0.15) is 0 Å². The van der Waals surface area contributed by atoms with E-state index in [0.717, 1.165) is 6.42 Å². The number of hydrogen-bond acceptors (Lipinski definition) is 6. The van der Waals surface area contributed by atoms with Crippen LogP contribution in [0.15, 0.2) is 60.7 Å². The van der Waals surface area contributed by atoms with Crippen LogP contribution >= 0.6 is 0 Å². The van der Waals surface area contributed by atoms with Crippen molar-refractivity contribution in [3.63, 3.8) is 0 Å². The number of allylic oxidation sites excluding steroid dienone is 2. The number of nitrogens with zero attached hydrogens (tertiary/aromatic N) is 2. The number of imide groups is 1. The molecule has 8 rings (SSSR count). The maximum Gasteiger partial charge on any atom is 0.316 e. The first-order valence-electron chi connectivity index (χ1n) is 12.8. The van der Waals surface area contributed by atoms with E-state index in [2.05, 4.69) is 12.2 Å². The Morgan fingerprint density at radius 2 is 1.54 bits per heavy atom. The van der Waals surface area contributed by atoms with Crippen LogP contribution in [0, 0.1) is 41.4 Å². The maximum absolute atomic E-state index is 13.3. The van der Waals surface area contributed by atoms with Gasteiger partial charge in [-0.05, 0) is 66.5 Å². The van der Waals surface area contributed by atoms with Crippen LogP contribution < -0.4 is 19.3 Å². The van der Waals surface area contributed by atoms with E-state index in [4.69, 9.17) is 9.47 Å². The van der Waals surface area contributed by atoms with Crippen LogP contribution in [0.2, 0.25) is 0 Å². The van der Waals surface area contributed by atoms with Gasteiger partial charge in [0.25, 0.3) is 0 Å². The number of benzene rings is 2. The highest BCUT2D eigenvalue weighted by atomic mass is 16.5. The average molecular weight is 499 g/mol. The van der Waals surface area contributed by atoms with Crippen LogP contribution in [0.4, 0.5) is 11.4 Å². The number of ether oxygens (including phenoxy) is 2. The molecule has 2 aliphatic heterocycles. The second-order valence-corrected chi connectivity index (χ2v) is 10.7. The van der Waals surface area contributed by atoms with E-state index in [1.54, 1.807) is 41.3 Å². The Labute approximate surface area is 213 Å². The predicted molar refractivity (Wildman–Crippen MR) is 133 cm³/mol. The molecule has 0 unspecified atom stereocenters. The Kier molecular flexibility index (Phi) is 4.83. The zero-order valence-corrected chi connectivity index (χ0v) is 20.3. The Balaban J connectivity index is 1.04. The summed E-state index contributed by atoms with van der Waals surface area (Å²) in [6.45, 7) is 0.202. The van der Waals surface area contributed by atoms with E-state index in [1.165, 1.54) is 12.0 Å². The van der Waals surface area contributed by atoms with Crippen LogP contribution in [0.5, 0.6) is 11.5 Å². The molecule has 4 aliphatic carbocycles. The summed E-state index contributed by atoms with van der Waals surface area (Å²) in [4.78, 5) is 55.0. The SMILES string of the molecule is COc1ccccc1N1C[C@H](C(=O)Oc2ccc(N3C(=O)[C@@H]4[C@H]5C=C[C@@H]([C@@H]6C[C@@H]56)[C@H]4C3=O)cc2)CC1=O. The summed E-state index contributed by atoms with van der Waals surface area (Å²) in [6, 6.07) is 13.7. The van der Waals surface area contributed by atoms with Gasteiger partial charge in [0, 0.05) is 13.0 Å². The molecule has 8 nitrogen and oxygen atoms in total. The van der Waals surface area contributed by atoms with Gasteiger partial charge < -0.3 is 14.4 Å². The van der Waals surface area contributed by atoms with Gasteiger partial charge in [0.2, 0.25) is 17.7 Å². The van der Waals surface area contributed by atoms with Gasteiger partial charge >= 0.3 is 5.97 Å². The van der Waals surface area contributed by atoms with Gasteiger partial charge in [-0.25, -0.2) is 0 Å². The summed E-state index contributed by atoms with van der Waals surface area (Å²) in [5.41, 5.74) is 1.12. The third-order valence-electron chi connectivity index (χ3n) is 8.81. The molecule has 8 heteroatoms. The summed E-state index contributed by atoms with van der Waals surface area (Å²) in [6.07, 6.45) is 5.48. The first-order valence-corrected chi connectivity index (χ1v) is 12.8. The number of esters is 1. The van der Waals surface area contributed by atoms with Crippen LogP contribution in [0.25, 0.3) is 0 Å². The minimum Gasteiger partial charge on any atom is -0.495 e. The number of hydrogen-bond donors (Lipinski definition) is 0. The minimum atomic E-state index is -0.614. The summed E-state index contributed by atoms with van der Waals surface area (Å²) in [5.74, 6) is 0.278. The van der Waals surface area contributed by atoms with Crippen LogP contribution in [0.1, 0.15) is 12.8 Å². The molecule has 2 bridgehead atoms. The monoisotopic (exact) mass is 498 g/mol. The third kappa shape index (κ3) is 3.27. The molecule has 188 valence electrons. The van der Waals surface area contributed by atoms with Crippen molar-refractivity contribution in [3.05, 3.63) is 60.7 Å². The van der Waals surface area contributed by atoms with Crippen molar-refractivity contribution in [1.82, 2.24) is 0 Å². The molecule has 4 fully saturated rings. The molecule has 0 radical (unpaired) electrons. The zero-order valence-electron chi connectivity index (χ0n) is 20.3. The van der Waals surface area contributed by atoms with Gasteiger partial charge in [0.05, 0.1) is 36.2 Å². The first-order chi connectivity index (χ1) is 18.0. The summed E-state index contributed by atoms with van der Waals surface area (Å²) in [7, 11) is 1.54. The number of carbonyl (C=O) groups is 4. The van der Waals surface area contributed by atoms with Crippen molar-refractivity contribution in [1.29, 1.82) is 0 Å². The number of carbonyl (C=O) groups excluding carboxylic acids is 4. The molecule has 2 aromatic rings. The fraction of sp³-hybridized carbons (Fsp3) is 0.379. The lowest BCUT2D eigenvalue weighted by atomic mass is 9.63. The molecule has 0 spiro atoms. The van der Waals surface area contributed by atoms with Crippen molar-refractivity contribution in [2.75, 3.05) is 23.5 Å². The van der Waals surface area contributed by atoms with Crippen molar-refractivity contribution in [3.8, 4) is 11.5 Å². The lowest BCUT2D eigenvalue weighted by Crippen LogP contribution is -2.40. The average Bonchev–Trinajstić information content (AvgIpc) is 3.59. The van der Waals surface area contributed by atoms with Crippen LogP contribution in [-0.4, -0.2) is 37.3 Å². The van der Waals surface area contributed by atoms with Crippen LogP contribution in [0.3, 0.4) is 0 Å². The molecule has 2 saturated carbocycles. The number of amides is 3. The first kappa shape index (κ1) is 22.3. The van der Waals surface area contributed by atoms with Gasteiger partial charge in [0.1, 0.15) is 11.5 Å². The van der Waals surface area contributed by atoms with Crippen molar-refractivity contribution in [2.45, 2.75) is 12.8 Å². The Morgan fingerprint density at radius 3 is 2.19 bits per heavy atom. The van der Waals surface area contributed by atoms with Crippen molar-refractivity contribution in [2.24, 2.45) is 41.4 Å². The lowest BCUT2D eigenvalue weighted by Gasteiger charge is -2.37. The normalized spacial score (nSPS) is 33.0. The fourth-order valence-corrected chi connectivity index (χ4v) is 7.03. The summed E-state index contributed by atoms with van der Waals surface area (Å²) < 4.78 is 10.9. The quantitative estimate of drug-likeness (QED) is 0.272. The Morgan fingerprint density at radius 1 is 0.892 bits per heavy atom. The maximum atomic E-state index is 13.3. The minimum absolute atomic E-state index is 0.0485. The van der Waals surface area contributed by atoms with Gasteiger partial charge in [-0.15, -0.1) is 0 Å². The van der Waals surface area contributed by atoms with Crippen molar-refractivity contribution >= 4 is 35.1 Å². The molecular weight excluding hydrogens is 472 g/mol. The fourth-order valence-electron chi connectivity index (χ4n) is 7.03. The molecule has 2 aromatic carbocycles. The predicted octanol–water partition coefficient (Wildman–Crippen LogP) is 3.21. The molecule has 7 atom stereocenters. The lowest BCUT2D eigenvalue weighted by molar-refractivity contribution is -0.139. The van der Waals surface area contributed by atoms with Gasteiger partial charge in [-0.1, -0.05) is 24.3 Å².